The minimum atomic E-state index is -1.19. The van der Waals surface area contributed by atoms with Gasteiger partial charge in [-0.3, -0.25) is 14.8 Å². The highest BCUT2D eigenvalue weighted by Crippen LogP contribution is 2.24. The van der Waals surface area contributed by atoms with Gasteiger partial charge in [0.1, 0.15) is 0 Å². The van der Waals surface area contributed by atoms with Crippen molar-refractivity contribution in [3.8, 4) is 0 Å². The Morgan fingerprint density at radius 1 is 1.59 bits per heavy atom. The molecule has 1 heterocycles. The van der Waals surface area contributed by atoms with Gasteiger partial charge in [0.05, 0.1) is 10.4 Å². The van der Waals surface area contributed by atoms with Gasteiger partial charge in [0.25, 0.3) is 5.69 Å². The summed E-state index contributed by atoms with van der Waals surface area (Å²) in [6.45, 7) is 2.32. The predicted molar refractivity (Wildman–Crippen MR) is 59.0 cm³/mol. The van der Waals surface area contributed by atoms with Crippen LogP contribution in [0.1, 0.15) is 17.4 Å². The van der Waals surface area contributed by atoms with Gasteiger partial charge in [0, 0.05) is 24.1 Å². The second kappa shape index (κ2) is 3.85. The van der Waals surface area contributed by atoms with Crippen LogP contribution in [-0.4, -0.2) is 25.8 Å². The third-order valence-electron chi connectivity index (χ3n) is 2.45. The number of benzene rings is 1. The molecule has 0 atom stereocenters. The van der Waals surface area contributed by atoms with Crippen LogP contribution in [0.5, 0.6) is 0 Å². The molecule has 0 spiro atoms. The second-order valence-electron chi connectivity index (χ2n) is 3.43. The standard InChI is InChI=1S/C10H9N3O4/c1-2-12-8-4-3-6(13(16)17)5-7(8)9(11-12)10(14)15/h3-5H,2H2,1H3,(H,14,15). The van der Waals surface area contributed by atoms with E-state index in [0.29, 0.717) is 12.1 Å². The molecule has 88 valence electrons. The number of fused-ring (bicyclic) bond motifs is 1. The Balaban J connectivity index is 2.78. The largest absolute Gasteiger partial charge is 0.476 e. The van der Waals surface area contributed by atoms with Gasteiger partial charge in [-0.2, -0.15) is 5.10 Å². The first-order valence-corrected chi connectivity index (χ1v) is 4.93. The molecular weight excluding hydrogens is 226 g/mol. The lowest BCUT2D eigenvalue weighted by Gasteiger charge is -1.96. The van der Waals surface area contributed by atoms with Crippen LogP contribution in [0.4, 0.5) is 5.69 Å². The van der Waals surface area contributed by atoms with Crippen LogP contribution < -0.4 is 0 Å². The maximum absolute atomic E-state index is 11.0. The molecule has 17 heavy (non-hydrogen) atoms. The van der Waals surface area contributed by atoms with E-state index < -0.39 is 10.9 Å². The molecule has 0 unspecified atom stereocenters. The summed E-state index contributed by atoms with van der Waals surface area (Å²) in [5.41, 5.74) is 0.275. The monoisotopic (exact) mass is 235 g/mol. The van der Waals surface area contributed by atoms with Gasteiger partial charge in [-0.05, 0) is 13.0 Å². The molecule has 7 heteroatoms. The summed E-state index contributed by atoms with van der Waals surface area (Å²) in [5, 5.41) is 23.8. The average Bonchev–Trinajstić information content (AvgIpc) is 2.66. The molecule has 0 bridgehead atoms. The van der Waals surface area contributed by atoms with Crippen LogP contribution in [0.15, 0.2) is 18.2 Å². The number of carboxylic acids is 1. The van der Waals surface area contributed by atoms with Crippen LogP contribution in [0.2, 0.25) is 0 Å². The first-order valence-electron chi connectivity index (χ1n) is 4.93. The fourth-order valence-corrected chi connectivity index (χ4v) is 1.68. The van der Waals surface area contributed by atoms with E-state index in [2.05, 4.69) is 5.10 Å². The highest BCUT2D eigenvalue weighted by atomic mass is 16.6. The number of nitro groups is 1. The highest BCUT2D eigenvalue weighted by molar-refractivity contribution is 6.01. The van der Waals surface area contributed by atoms with E-state index in [0.717, 1.165) is 0 Å². The van der Waals surface area contributed by atoms with Gasteiger partial charge in [0.15, 0.2) is 5.69 Å². The number of nitro benzene ring substituents is 1. The Kier molecular flexibility index (Phi) is 2.51. The summed E-state index contributed by atoms with van der Waals surface area (Å²) in [6.07, 6.45) is 0. The number of hydrogen-bond donors (Lipinski definition) is 1. The van der Waals surface area contributed by atoms with Crippen LogP contribution in [0.3, 0.4) is 0 Å². The molecule has 0 saturated heterocycles. The van der Waals surface area contributed by atoms with Crippen molar-refractivity contribution >= 4 is 22.6 Å². The van der Waals surface area contributed by atoms with Crippen molar-refractivity contribution in [1.29, 1.82) is 0 Å². The Hall–Kier alpha value is -2.44. The molecule has 0 saturated carbocycles. The number of rotatable bonds is 3. The number of aromatic nitrogens is 2. The maximum Gasteiger partial charge on any atom is 0.357 e. The Bertz CT molecular complexity index is 617. The van der Waals surface area contributed by atoms with Crippen LogP contribution in [0.25, 0.3) is 10.9 Å². The lowest BCUT2D eigenvalue weighted by Crippen LogP contribution is -2.01. The van der Waals surface area contributed by atoms with E-state index in [1.165, 1.54) is 22.9 Å². The summed E-state index contributed by atoms with van der Waals surface area (Å²) >= 11 is 0. The van der Waals surface area contributed by atoms with Crippen molar-refractivity contribution in [3.05, 3.63) is 34.0 Å². The molecule has 2 aromatic rings. The SMILES string of the molecule is CCn1nc(C(=O)O)c2cc([N+](=O)[O-])ccc21. The van der Waals surface area contributed by atoms with Gasteiger partial charge < -0.3 is 5.11 Å². The number of carboxylic acid groups (broad SMARTS) is 1. The first-order chi connectivity index (χ1) is 8.04. The number of aryl methyl sites for hydroxylation is 1. The summed E-state index contributed by atoms with van der Waals surface area (Å²) in [5.74, 6) is -1.19. The zero-order chi connectivity index (χ0) is 12.6. The van der Waals surface area contributed by atoms with E-state index in [-0.39, 0.29) is 16.8 Å². The fraction of sp³-hybridized carbons (Fsp3) is 0.200. The van der Waals surface area contributed by atoms with E-state index >= 15 is 0 Å². The van der Waals surface area contributed by atoms with Gasteiger partial charge >= 0.3 is 5.97 Å². The fourth-order valence-electron chi connectivity index (χ4n) is 1.68. The summed E-state index contributed by atoms with van der Waals surface area (Å²) in [7, 11) is 0. The zero-order valence-corrected chi connectivity index (χ0v) is 8.95. The third-order valence-corrected chi connectivity index (χ3v) is 2.45. The quantitative estimate of drug-likeness (QED) is 0.644. The van der Waals surface area contributed by atoms with Crippen LogP contribution in [-0.2, 0) is 6.54 Å². The lowest BCUT2D eigenvalue weighted by molar-refractivity contribution is -0.384. The first kappa shape index (κ1) is 11.1. The molecule has 1 N–H and O–H groups in total. The van der Waals surface area contributed by atoms with Gasteiger partial charge in [-0.1, -0.05) is 0 Å². The Labute approximate surface area is 95.4 Å². The minimum Gasteiger partial charge on any atom is -0.476 e. The average molecular weight is 235 g/mol. The second-order valence-corrected chi connectivity index (χ2v) is 3.43. The predicted octanol–water partition coefficient (Wildman–Crippen LogP) is 1.66. The van der Waals surface area contributed by atoms with Crippen molar-refractivity contribution in [2.75, 3.05) is 0 Å². The topological polar surface area (TPSA) is 98.3 Å². The molecule has 2 rings (SSSR count). The minimum absolute atomic E-state index is 0.143. The molecule has 0 fully saturated rings. The van der Waals surface area contributed by atoms with E-state index in [9.17, 15) is 14.9 Å². The van der Waals surface area contributed by atoms with E-state index in [1.807, 2.05) is 6.92 Å². The van der Waals surface area contributed by atoms with Gasteiger partial charge in [0.2, 0.25) is 0 Å². The van der Waals surface area contributed by atoms with Gasteiger partial charge in [-0.15, -0.1) is 0 Å². The lowest BCUT2D eigenvalue weighted by atomic mass is 10.2. The molecular formula is C10H9N3O4. The molecule has 7 nitrogen and oxygen atoms in total. The molecule has 0 amide bonds. The highest BCUT2D eigenvalue weighted by Gasteiger charge is 2.18. The Morgan fingerprint density at radius 3 is 2.82 bits per heavy atom. The molecule has 0 aliphatic carbocycles. The van der Waals surface area contributed by atoms with Crippen molar-refractivity contribution in [2.24, 2.45) is 0 Å². The van der Waals surface area contributed by atoms with Gasteiger partial charge in [-0.25, -0.2) is 4.79 Å². The van der Waals surface area contributed by atoms with Crippen molar-refractivity contribution in [1.82, 2.24) is 9.78 Å². The Morgan fingerprint density at radius 2 is 2.29 bits per heavy atom. The van der Waals surface area contributed by atoms with Crippen molar-refractivity contribution < 1.29 is 14.8 Å². The molecule has 0 aliphatic heterocycles. The number of carbonyl (C=O) groups is 1. The van der Waals surface area contributed by atoms with E-state index in [4.69, 9.17) is 5.11 Å². The van der Waals surface area contributed by atoms with Crippen molar-refractivity contribution in [3.63, 3.8) is 0 Å². The number of nitrogens with zero attached hydrogens (tertiary/aromatic N) is 3. The summed E-state index contributed by atoms with van der Waals surface area (Å²) < 4.78 is 1.50. The smallest absolute Gasteiger partial charge is 0.357 e. The van der Waals surface area contributed by atoms with Crippen LogP contribution >= 0.6 is 0 Å². The molecule has 1 aromatic heterocycles. The van der Waals surface area contributed by atoms with E-state index in [1.54, 1.807) is 0 Å². The zero-order valence-electron chi connectivity index (χ0n) is 8.95. The normalized spacial score (nSPS) is 10.6. The summed E-state index contributed by atoms with van der Waals surface area (Å²) in [6, 6.07) is 4.08. The third kappa shape index (κ3) is 1.71. The maximum atomic E-state index is 11.0. The number of non-ortho nitro benzene ring substituents is 1. The van der Waals surface area contributed by atoms with Crippen LogP contribution in [0, 0.1) is 10.1 Å². The van der Waals surface area contributed by atoms with Crippen molar-refractivity contribution in [2.45, 2.75) is 13.5 Å². The summed E-state index contributed by atoms with van der Waals surface area (Å²) in [4.78, 5) is 21.1. The number of aromatic carboxylic acids is 1. The molecule has 0 aliphatic rings. The molecule has 0 radical (unpaired) electrons. The molecule has 1 aromatic carbocycles. The number of hydrogen-bond acceptors (Lipinski definition) is 4.